The number of hydrogen-bond acceptors (Lipinski definition) is 3. The van der Waals surface area contributed by atoms with Crippen LogP contribution < -0.4 is 11.1 Å². The molecule has 0 aliphatic rings. The molecule has 4 N–H and O–H groups in total. The maximum absolute atomic E-state index is 13.3. The van der Waals surface area contributed by atoms with Crippen molar-refractivity contribution in [3.05, 3.63) is 29.6 Å². The van der Waals surface area contributed by atoms with Crippen molar-refractivity contribution in [3.63, 3.8) is 0 Å². The van der Waals surface area contributed by atoms with Gasteiger partial charge in [0.2, 0.25) is 0 Å². The molecule has 0 bridgehead atoms. The molecule has 16 heavy (non-hydrogen) atoms. The van der Waals surface area contributed by atoms with Gasteiger partial charge < -0.3 is 16.2 Å². The van der Waals surface area contributed by atoms with E-state index in [0.717, 1.165) is 6.07 Å². The molecule has 0 fully saturated rings. The number of carbonyl (C=O) groups is 1. The maximum atomic E-state index is 13.3. The van der Waals surface area contributed by atoms with Gasteiger partial charge in [0.1, 0.15) is 17.1 Å². The molecule has 0 heterocycles. The van der Waals surface area contributed by atoms with Gasteiger partial charge in [-0.1, -0.05) is 13.0 Å². The molecule has 5 heteroatoms. The fourth-order valence-electron chi connectivity index (χ4n) is 1.19. The summed E-state index contributed by atoms with van der Waals surface area (Å²) in [7, 11) is 0. The average Bonchev–Trinajstić information content (AvgIpc) is 2.25. The highest BCUT2D eigenvalue weighted by Crippen LogP contribution is 2.19. The first-order valence-electron chi connectivity index (χ1n) is 5.07. The summed E-state index contributed by atoms with van der Waals surface area (Å²) in [4.78, 5) is 11.5. The number of nitrogens with two attached hydrogens (primary N) is 1. The molecule has 1 rings (SSSR count). The van der Waals surface area contributed by atoms with Crippen molar-refractivity contribution in [2.24, 2.45) is 5.73 Å². The van der Waals surface area contributed by atoms with E-state index in [1.54, 1.807) is 0 Å². The number of nitrogens with one attached hydrogen (secondary N) is 1. The summed E-state index contributed by atoms with van der Waals surface area (Å²) in [5.41, 5.74) is 5.26. The number of phenols is 1. The van der Waals surface area contributed by atoms with Crippen LogP contribution in [0, 0.1) is 5.82 Å². The summed E-state index contributed by atoms with van der Waals surface area (Å²) in [6.45, 7) is 2.14. The molecule has 88 valence electrons. The fraction of sp³-hybridized carbons (Fsp3) is 0.364. The summed E-state index contributed by atoms with van der Waals surface area (Å²) in [6, 6.07) is 3.54. The van der Waals surface area contributed by atoms with Gasteiger partial charge in [0.25, 0.3) is 5.91 Å². The lowest BCUT2D eigenvalue weighted by molar-refractivity contribution is 0.0944. The lowest BCUT2D eigenvalue weighted by Crippen LogP contribution is -2.37. The number of hydrogen-bond donors (Lipinski definition) is 3. The monoisotopic (exact) mass is 226 g/mol. The Morgan fingerprint density at radius 3 is 2.88 bits per heavy atom. The van der Waals surface area contributed by atoms with Gasteiger partial charge in [-0.3, -0.25) is 4.79 Å². The third-order valence-corrected chi connectivity index (χ3v) is 2.27. The summed E-state index contributed by atoms with van der Waals surface area (Å²) in [6.07, 6.45) is 0.712. The van der Waals surface area contributed by atoms with Crippen molar-refractivity contribution < 1.29 is 14.3 Å². The smallest absolute Gasteiger partial charge is 0.258 e. The van der Waals surface area contributed by atoms with Crippen LogP contribution in [0.1, 0.15) is 23.7 Å². The lowest BCUT2D eigenvalue weighted by Gasteiger charge is -2.11. The Labute approximate surface area is 93.3 Å². The van der Waals surface area contributed by atoms with Gasteiger partial charge >= 0.3 is 0 Å². The third kappa shape index (κ3) is 2.93. The molecule has 0 saturated carbocycles. The lowest BCUT2D eigenvalue weighted by atomic mass is 10.1. The van der Waals surface area contributed by atoms with E-state index < -0.39 is 11.7 Å². The van der Waals surface area contributed by atoms with Crippen LogP contribution >= 0.6 is 0 Å². The first kappa shape index (κ1) is 12.4. The number of benzene rings is 1. The zero-order chi connectivity index (χ0) is 12.1. The molecule has 1 unspecified atom stereocenters. The van der Waals surface area contributed by atoms with Crippen molar-refractivity contribution in [2.45, 2.75) is 19.4 Å². The first-order valence-corrected chi connectivity index (χ1v) is 5.07. The minimum absolute atomic E-state index is 0.169. The second kappa shape index (κ2) is 5.46. The Kier molecular flexibility index (Phi) is 4.25. The number of halogens is 1. The van der Waals surface area contributed by atoms with E-state index in [0.29, 0.717) is 6.42 Å². The number of carbonyl (C=O) groups excluding carboxylic acids is 1. The van der Waals surface area contributed by atoms with E-state index >= 15 is 0 Å². The van der Waals surface area contributed by atoms with Crippen LogP contribution in [-0.2, 0) is 0 Å². The number of phenolic OH excluding ortho intramolecular Hbond substituents is 1. The van der Waals surface area contributed by atoms with Crippen LogP contribution in [0.4, 0.5) is 4.39 Å². The van der Waals surface area contributed by atoms with Crippen molar-refractivity contribution in [1.29, 1.82) is 0 Å². The Bertz CT molecular complexity index is 362. The van der Waals surface area contributed by atoms with Crippen molar-refractivity contribution in [3.8, 4) is 5.75 Å². The molecule has 0 saturated heterocycles. The van der Waals surface area contributed by atoms with E-state index in [1.165, 1.54) is 12.1 Å². The number of amides is 1. The van der Waals surface area contributed by atoms with E-state index in [-0.39, 0.29) is 23.9 Å². The van der Waals surface area contributed by atoms with Gasteiger partial charge in [0, 0.05) is 12.6 Å². The Morgan fingerprint density at radius 1 is 1.62 bits per heavy atom. The highest BCUT2D eigenvalue weighted by Gasteiger charge is 2.16. The Balaban J connectivity index is 2.73. The second-order valence-corrected chi connectivity index (χ2v) is 3.51. The van der Waals surface area contributed by atoms with E-state index in [1.807, 2.05) is 6.92 Å². The van der Waals surface area contributed by atoms with Gasteiger partial charge in [-0.15, -0.1) is 0 Å². The van der Waals surface area contributed by atoms with Crippen LogP contribution in [0.2, 0.25) is 0 Å². The molecule has 0 aliphatic carbocycles. The normalized spacial score (nSPS) is 12.2. The highest BCUT2D eigenvalue weighted by atomic mass is 19.1. The van der Waals surface area contributed by atoms with E-state index in [4.69, 9.17) is 5.73 Å². The minimum Gasteiger partial charge on any atom is -0.507 e. The highest BCUT2D eigenvalue weighted by molar-refractivity contribution is 5.97. The number of aromatic hydroxyl groups is 1. The van der Waals surface area contributed by atoms with Crippen LogP contribution in [0.5, 0.6) is 5.75 Å². The molecule has 1 aromatic rings. The van der Waals surface area contributed by atoms with Crippen LogP contribution in [-0.4, -0.2) is 23.6 Å². The molecule has 4 nitrogen and oxygen atoms in total. The first-order chi connectivity index (χ1) is 7.56. The van der Waals surface area contributed by atoms with Crippen LogP contribution in [0.3, 0.4) is 0 Å². The summed E-state index contributed by atoms with van der Waals surface area (Å²) >= 11 is 0. The average molecular weight is 226 g/mol. The Morgan fingerprint density at radius 2 is 2.31 bits per heavy atom. The van der Waals surface area contributed by atoms with Crippen molar-refractivity contribution >= 4 is 5.91 Å². The standard InChI is InChI=1S/C11H15FN2O2/c1-2-7(13)6-14-11(16)10-8(12)4-3-5-9(10)15/h3-5,7,15H,2,6,13H2,1H3,(H,14,16). The zero-order valence-electron chi connectivity index (χ0n) is 9.03. The zero-order valence-corrected chi connectivity index (χ0v) is 9.03. The predicted octanol–water partition coefficient (Wildman–Crippen LogP) is 0.998. The molecule has 1 atom stereocenters. The van der Waals surface area contributed by atoms with Crippen molar-refractivity contribution in [2.75, 3.05) is 6.54 Å². The number of rotatable bonds is 4. The topological polar surface area (TPSA) is 75.3 Å². The van der Waals surface area contributed by atoms with Crippen LogP contribution in [0.15, 0.2) is 18.2 Å². The molecule has 0 radical (unpaired) electrons. The van der Waals surface area contributed by atoms with Gasteiger partial charge in [0.15, 0.2) is 0 Å². The molecule has 0 aromatic heterocycles. The Hall–Kier alpha value is -1.62. The molecular weight excluding hydrogens is 211 g/mol. The minimum atomic E-state index is -0.748. The molecule has 0 aliphatic heterocycles. The van der Waals surface area contributed by atoms with Gasteiger partial charge in [-0.2, -0.15) is 0 Å². The van der Waals surface area contributed by atoms with Gasteiger partial charge in [0.05, 0.1) is 0 Å². The van der Waals surface area contributed by atoms with Crippen molar-refractivity contribution in [1.82, 2.24) is 5.32 Å². The third-order valence-electron chi connectivity index (χ3n) is 2.27. The molecule has 1 aromatic carbocycles. The largest absolute Gasteiger partial charge is 0.507 e. The maximum Gasteiger partial charge on any atom is 0.258 e. The van der Waals surface area contributed by atoms with Gasteiger partial charge in [-0.05, 0) is 18.6 Å². The van der Waals surface area contributed by atoms with Gasteiger partial charge in [-0.25, -0.2) is 4.39 Å². The predicted molar refractivity (Wildman–Crippen MR) is 58.7 cm³/mol. The second-order valence-electron chi connectivity index (χ2n) is 3.51. The molecule has 0 spiro atoms. The molecular formula is C11H15FN2O2. The summed E-state index contributed by atoms with van der Waals surface area (Å²) in [5, 5.41) is 11.8. The van der Waals surface area contributed by atoms with Crippen LogP contribution in [0.25, 0.3) is 0 Å². The van der Waals surface area contributed by atoms with E-state index in [9.17, 15) is 14.3 Å². The van der Waals surface area contributed by atoms with E-state index in [2.05, 4.69) is 5.32 Å². The molecule has 1 amide bonds. The quantitative estimate of drug-likeness (QED) is 0.717. The SMILES string of the molecule is CCC(N)CNC(=O)c1c(O)cccc1F. The summed E-state index contributed by atoms with van der Waals surface area (Å²) in [5.74, 6) is -1.77. The summed E-state index contributed by atoms with van der Waals surface area (Å²) < 4.78 is 13.3. The fourth-order valence-corrected chi connectivity index (χ4v) is 1.19.